The third-order valence-corrected chi connectivity index (χ3v) is 3.70. The summed E-state index contributed by atoms with van der Waals surface area (Å²) < 4.78 is 3.87. The topological polar surface area (TPSA) is 87.3 Å². The number of nitrogens with two attached hydrogens (primary N) is 1. The first-order chi connectivity index (χ1) is 7.70. The standard InChI is InChI=1S/C9H17N5OS/c1-6-4-14(3-2-8(6)15)5-7-9(11-10)16-13-12-7/h6,8,11,15H,2-5,10H2,1H3. The van der Waals surface area contributed by atoms with E-state index in [0.29, 0.717) is 5.92 Å². The van der Waals surface area contributed by atoms with Crippen molar-refractivity contribution in [2.75, 3.05) is 18.5 Å². The van der Waals surface area contributed by atoms with E-state index in [1.807, 2.05) is 0 Å². The van der Waals surface area contributed by atoms with Crippen LogP contribution in [-0.2, 0) is 6.54 Å². The number of aliphatic hydroxyl groups excluding tert-OH is 1. The van der Waals surface area contributed by atoms with Crippen LogP contribution < -0.4 is 11.3 Å². The minimum Gasteiger partial charge on any atom is -0.393 e. The van der Waals surface area contributed by atoms with Crippen molar-refractivity contribution < 1.29 is 5.11 Å². The van der Waals surface area contributed by atoms with E-state index in [2.05, 4.69) is 26.8 Å². The van der Waals surface area contributed by atoms with Gasteiger partial charge in [-0.05, 0) is 12.3 Å². The third kappa shape index (κ3) is 2.49. The molecular weight excluding hydrogens is 226 g/mol. The Morgan fingerprint density at radius 3 is 3.19 bits per heavy atom. The number of nitrogen functional groups attached to an aromatic ring is 1. The van der Waals surface area contributed by atoms with E-state index < -0.39 is 0 Å². The number of rotatable bonds is 3. The Kier molecular flexibility index (Phi) is 3.70. The summed E-state index contributed by atoms with van der Waals surface area (Å²) in [7, 11) is 0. The van der Waals surface area contributed by atoms with Gasteiger partial charge >= 0.3 is 0 Å². The number of nitrogens with one attached hydrogen (secondary N) is 1. The van der Waals surface area contributed by atoms with Gasteiger partial charge in [0.2, 0.25) is 0 Å². The molecule has 2 rings (SSSR count). The number of hydrazine groups is 1. The highest BCUT2D eigenvalue weighted by atomic mass is 32.1. The van der Waals surface area contributed by atoms with Crippen molar-refractivity contribution in [2.45, 2.75) is 26.0 Å². The highest BCUT2D eigenvalue weighted by molar-refractivity contribution is 7.10. The maximum Gasteiger partial charge on any atom is 0.148 e. The monoisotopic (exact) mass is 243 g/mol. The second-order valence-corrected chi connectivity index (χ2v) is 5.02. The van der Waals surface area contributed by atoms with E-state index in [1.165, 1.54) is 11.5 Å². The summed E-state index contributed by atoms with van der Waals surface area (Å²) in [5.41, 5.74) is 3.49. The van der Waals surface area contributed by atoms with Gasteiger partial charge in [-0.25, -0.2) is 5.84 Å². The molecule has 2 atom stereocenters. The number of aromatic nitrogens is 2. The SMILES string of the molecule is CC1CN(Cc2nnsc2NN)CCC1O. The lowest BCUT2D eigenvalue weighted by atomic mass is 9.97. The van der Waals surface area contributed by atoms with E-state index in [0.717, 1.165) is 36.8 Å². The molecule has 7 heteroatoms. The zero-order valence-corrected chi connectivity index (χ0v) is 10.1. The van der Waals surface area contributed by atoms with Crippen molar-refractivity contribution in [2.24, 2.45) is 11.8 Å². The number of likely N-dealkylation sites (tertiary alicyclic amines) is 1. The first kappa shape index (κ1) is 11.7. The molecular formula is C9H17N5OS. The normalized spacial score (nSPS) is 26.9. The molecule has 2 heterocycles. The lowest BCUT2D eigenvalue weighted by Gasteiger charge is -2.33. The quantitative estimate of drug-likeness (QED) is 0.513. The molecule has 0 radical (unpaired) electrons. The van der Waals surface area contributed by atoms with Crippen LogP contribution in [0.4, 0.5) is 5.00 Å². The molecule has 90 valence electrons. The molecule has 16 heavy (non-hydrogen) atoms. The zero-order valence-electron chi connectivity index (χ0n) is 9.26. The maximum absolute atomic E-state index is 9.64. The van der Waals surface area contributed by atoms with Gasteiger partial charge in [-0.3, -0.25) is 4.90 Å². The molecule has 0 saturated carbocycles. The van der Waals surface area contributed by atoms with Crippen LogP contribution in [0.5, 0.6) is 0 Å². The number of hydrogen-bond acceptors (Lipinski definition) is 7. The van der Waals surface area contributed by atoms with Gasteiger partial charge in [0.15, 0.2) is 0 Å². The fraction of sp³-hybridized carbons (Fsp3) is 0.778. The molecule has 1 saturated heterocycles. The van der Waals surface area contributed by atoms with Gasteiger partial charge in [0.05, 0.1) is 6.10 Å². The van der Waals surface area contributed by atoms with Gasteiger partial charge in [-0.2, -0.15) is 0 Å². The summed E-state index contributed by atoms with van der Waals surface area (Å²) in [4.78, 5) is 2.27. The fourth-order valence-electron chi connectivity index (χ4n) is 2.00. The van der Waals surface area contributed by atoms with Crippen LogP contribution in [0, 0.1) is 5.92 Å². The molecule has 1 aliphatic rings. The Balaban J connectivity index is 1.95. The first-order valence-electron chi connectivity index (χ1n) is 5.39. The number of aliphatic hydroxyl groups is 1. The molecule has 0 aromatic carbocycles. The van der Waals surface area contributed by atoms with Gasteiger partial charge < -0.3 is 10.5 Å². The summed E-state index contributed by atoms with van der Waals surface area (Å²) >= 11 is 1.27. The van der Waals surface area contributed by atoms with Gasteiger partial charge in [0.25, 0.3) is 0 Å². The molecule has 4 N–H and O–H groups in total. The Bertz CT molecular complexity index is 344. The van der Waals surface area contributed by atoms with E-state index in [9.17, 15) is 5.11 Å². The van der Waals surface area contributed by atoms with Crippen LogP contribution in [0.1, 0.15) is 19.0 Å². The highest BCUT2D eigenvalue weighted by Gasteiger charge is 2.25. The minimum atomic E-state index is -0.170. The number of anilines is 1. The van der Waals surface area contributed by atoms with Crippen molar-refractivity contribution in [3.8, 4) is 0 Å². The molecule has 0 amide bonds. The summed E-state index contributed by atoms with van der Waals surface area (Å²) in [6.07, 6.45) is 0.654. The molecule has 1 aromatic heterocycles. The number of nitrogens with zero attached hydrogens (tertiary/aromatic N) is 3. The van der Waals surface area contributed by atoms with Crippen LogP contribution in [0.2, 0.25) is 0 Å². The molecule has 1 aliphatic heterocycles. The van der Waals surface area contributed by atoms with E-state index in [4.69, 9.17) is 5.84 Å². The van der Waals surface area contributed by atoms with Crippen LogP contribution in [0.3, 0.4) is 0 Å². The third-order valence-electron chi connectivity index (χ3n) is 3.00. The Morgan fingerprint density at radius 1 is 1.69 bits per heavy atom. The highest BCUT2D eigenvalue weighted by Crippen LogP contribution is 2.22. The molecule has 0 bridgehead atoms. The predicted molar refractivity (Wildman–Crippen MR) is 62.8 cm³/mol. The summed E-state index contributed by atoms with van der Waals surface area (Å²) in [5.74, 6) is 5.69. The molecule has 0 aliphatic carbocycles. The van der Waals surface area contributed by atoms with Crippen molar-refractivity contribution >= 4 is 16.5 Å². The maximum atomic E-state index is 9.64. The van der Waals surface area contributed by atoms with E-state index in [1.54, 1.807) is 0 Å². The fourth-order valence-corrected chi connectivity index (χ4v) is 2.48. The molecule has 0 spiro atoms. The van der Waals surface area contributed by atoms with E-state index >= 15 is 0 Å². The van der Waals surface area contributed by atoms with Crippen LogP contribution in [0.25, 0.3) is 0 Å². The Labute approximate surface area is 98.6 Å². The zero-order chi connectivity index (χ0) is 11.5. The molecule has 2 unspecified atom stereocenters. The summed E-state index contributed by atoms with van der Waals surface area (Å²) in [5, 5.41) is 14.5. The lowest BCUT2D eigenvalue weighted by molar-refractivity contribution is 0.0316. The average molecular weight is 243 g/mol. The van der Waals surface area contributed by atoms with Gasteiger partial charge in [0, 0.05) is 31.2 Å². The van der Waals surface area contributed by atoms with Crippen LogP contribution in [-0.4, -0.2) is 38.8 Å². The van der Waals surface area contributed by atoms with Gasteiger partial charge in [-0.15, -0.1) is 5.10 Å². The number of hydrogen-bond donors (Lipinski definition) is 3. The smallest absolute Gasteiger partial charge is 0.148 e. The molecule has 1 fully saturated rings. The van der Waals surface area contributed by atoms with E-state index in [-0.39, 0.29) is 6.10 Å². The largest absolute Gasteiger partial charge is 0.393 e. The summed E-state index contributed by atoms with van der Waals surface area (Å²) in [6.45, 7) is 4.60. The molecule has 1 aromatic rings. The average Bonchev–Trinajstić information content (AvgIpc) is 2.71. The van der Waals surface area contributed by atoms with Crippen LogP contribution in [0.15, 0.2) is 0 Å². The summed E-state index contributed by atoms with van der Waals surface area (Å²) in [6, 6.07) is 0. The second-order valence-electron chi connectivity index (χ2n) is 4.26. The predicted octanol–water partition coefficient (Wildman–Crippen LogP) is 0.0264. The second kappa shape index (κ2) is 5.05. The van der Waals surface area contributed by atoms with Crippen molar-refractivity contribution in [3.05, 3.63) is 5.69 Å². The Morgan fingerprint density at radius 2 is 2.50 bits per heavy atom. The van der Waals surface area contributed by atoms with Gasteiger partial charge in [-0.1, -0.05) is 11.4 Å². The van der Waals surface area contributed by atoms with Gasteiger partial charge in [0.1, 0.15) is 10.7 Å². The lowest BCUT2D eigenvalue weighted by Crippen LogP contribution is -2.41. The van der Waals surface area contributed by atoms with Crippen molar-refractivity contribution in [3.63, 3.8) is 0 Å². The van der Waals surface area contributed by atoms with Crippen molar-refractivity contribution in [1.82, 2.24) is 14.5 Å². The van der Waals surface area contributed by atoms with Crippen molar-refractivity contribution in [1.29, 1.82) is 0 Å². The minimum absolute atomic E-state index is 0.170. The first-order valence-corrected chi connectivity index (χ1v) is 6.16. The molecule has 6 nitrogen and oxygen atoms in total. The van der Waals surface area contributed by atoms with Crippen LogP contribution >= 0.6 is 11.5 Å². The Hall–Kier alpha value is -0.760. The number of piperidine rings is 1.